The molecule has 2 N–H and O–H groups in total. The second-order valence-electron chi connectivity index (χ2n) is 6.32. The Labute approximate surface area is 140 Å². The quantitative estimate of drug-likeness (QED) is 0.866. The lowest BCUT2D eigenvalue weighted by molar-refractivity contribution is -0.135. The topological polar surface area (TPSA) is 46.3 Å². The van der Waals surface area contributed by atoms with Crippen molar-refractivity contribution in [2.24, 2.45) is 11.7 Å². The van der Waals surface area contributed by atoms with Crippen molar-refractivity contribution in [1.82, 2.24) is 4.90 Å². The van der Waals surface area contributed by atoms with Crippen LogP contribution in [0.25, 0.3) is 0 Å². The van der Waals surface area contributed by atoms with Crippen LogP contribution in [0.1, 0.15) is 51.5 Å². The molecular weight excluding hydrogens is 296 g/mol. The molecule has 1 aromatic carbocycles. The summed E-state index contributed by atoms with van der Waals surface area (Å²) in [5.41, 5.74) is 7.31. The molecule has 1 fully saturated rings. The van der Waals surface area contributed by atoms with E-state index in [1.807, 2.05) is 23.1 Å². The molecule has 1 saturated carbocycles. The Morgan fingerprint density at radius 2 is 2.00 bits per heavy atom. The molecule has 0 heterocycles. The molecule has 0 saturated heterocycles. The van der Waals surface area contributed by atoms with Gasteiger partial charge in [0.05, 0.1) is 0 Å². The van der Waals surface area contributed by atoms with E-state index in [2.05, 4.69) is 26.0 Å². The molecule has 124 valence electrons. The highest BCUT2D eigenvalue weighted by Gasteiger charge is 2.29. The number of amides is 1. The van der Waals surface area contributed by atoms with Crippen molar-refractivity contribution in [3.8, 4) is 0 Å². The van der Waals surface area contributed by atoms with Gasteiger partial charge in [0.15, 0.2) is 0 Å². The van der Waals surface area contributed by atoms with Gasteiger partial charge in [-0.1, -0.05) is 43.7 Å². The van der Waals surface area contributed by atoms with Crippen LogP contribution in [0.4, 0.5) is 0 Å². The summed E-state index contributed by atoms with van der Waals surface area (Å²) >= 11 is 0. The Kier molecular flexibility index (Phi) is 7.91. The first kappa shape index (κ1) is 19.0. The van der Waals surface area contributed by atoms with Crippen molar-refractivity contribution in [2.45, 2.75) is 64.6 Å². The van der Waals surface area contributed by atoms with Crippen LogP contribution >= 0.6 is 12.4 Å². The lowest BCUT2D eigenvalue weighted by atomic mass is 9.98. The van der Waals surface area contributed by atoms with E-state index in [1.54, 1.807) is 0 Å². The summed E-state index contributed by atoms with van der Waals surface area (Å²) in [5, 5.41) is 0. The van der Waals surface area contributed by atoms with Gasteiger partial charge in [-0.05, 0) is 37.7 Å². The molecular formula is C18H29ClN2O. The molecule has 0 radical (unpaired) electrons. The first-order valence-electron chi connectivity index (χ1n) is 8.20. The average Bonchev–Trinajstić information content (AvgIpc) is 2.90. The van der Waals surface area contributed by atoms with E-state index in [0.29, 0.717) is 18.9 Å². The highest BCUT2D eigenvalue weighted by Crippen LogP contribution is 2.28. The van der Waals surface area contributed by atoms with Crippen LogP contribution in [-0.4, -0.2) is 22.9 Å². The van der Waals surface area contributed by atoms with Gasteiger partial charge in [0.2, 0.25) is 5.91 Å². The van der Waals surface area contributed by atoms with Crippen LogP contribution in [0.3, 0.4) is 0 Å². The van der Waals surface area contributed by atoms with Crippen LogP contribution in [0.15, 0.2) is 30.3 Å². The zero-order valence-electron chi connectivity index (χ0n) is 13.7. The van der Waals surface area contributed by atoms with Crippen LogP contribution in [-0.2, 0) is 11.3 Å². The maximum atomic E-state index is 12.7. The predicted molar refractivity (Wildman–Crippen MR) is 93.9 cm³/mol. The number of rotatable bonds is 6. The Bertz CT molecular complexity index is 452. The summed E-state index contributed by atoms with van der Waals surface area (Å²) in [6.45, 7) is 4.98. The zero-order valence-corrected chi connectivity index (χ0v) is 14.5. The van der Waals surface area contributed by atoms with Crippen LogP contribution in [0.2, 0.25) is 0 Å². The van der Waals surface area contributed by atoms with E-state index < -0.39 is 0 Å². The summed E-state index contributed by atoms with van der Waals surface area (Å²) in [5.74, 6) is 0.635. The molecule has 0 aromatic heterocycles. The van der Waals surface area contributed by atoms with Gasteiger partial charge in [0.25, 0.3) is 0 Å². The first-order chi connectivity index (χ1) is 10.1. The van der Waals surface area contributed by atoms with Gasteiger partial charge in [0, 0.05) is 25.0 Å². The van der Waals surface area contributed by atoms with Gasteiger partial charge in [-0.3, -0.25) is 4.79 Å². The largest absolute Gasteiger partial charge is 0.336 e. The van der Waals surface area contributed by atoms with Crippen molar-refractivity contribution >= 4 is 18.3 Å². The molecule has 22 heavy (non-hydrogen) atoms. The number of halogens is 1. The summed E-state index contributed by atoms with van der Waals surface area (Å²) in [6.07, 6.45) is 4.93. The maximum Gasteiger partial charge on any atom is 0.223 e. The second-order valence-corrected chi connectivity index (χ2v) is 6.32. The minimum absolute atomic E-state index is 0. The van der Waals surface area contributed by atoms with Crippen molar-refractivity contribution < 1.29 is 4.79 Å². The monoisotopic (exact) mass is 324 g/mol. The Hall–Kier alpha value is -1.06. The van der Waals surface area contributed by atoms with Gasteiger partial charge in [0.1, 0.15) is 0 Å². The minimum atomic E-state index is 0. The molecule has 1 aliphatic rings. The fourth-order valence-electron chi connectivity index (χ4n) is 3.15. The van der Waals surface area contributed by atoms with Gasteiger partial charge >= 0.3 is 0 Å². The van der Waals surface area contributed by atoms with E-state index in [-0.39, 0.29) is 30.4 Å². The molecule has 1 amide bonds. The maximum absolute atomic E-state index is 12.7. The lowest BCUT2D eigenvalue weighted by Gasteiger charge is -2.30. The molecule has 0 aliphatic heterocycles. The summed E-state index contributed by atoms with van der Waals surface area (Å²) in [4.78, 5) is 14.7. The van der Waals surface area contributed by atoms with E-state index in [1.165, 1.54) is 12.0 Å². The fourth-order valence-corrected chi connectivity index (χ4v) is 3.15. The second kappa shape index (κ2) is 9.16. The lowest BCUT2D eigenvalue weighted by Crippen LogP contribution is -2.40. The van der Waals surface area contributed by atoms with Crippen LogP contribution in [0, 0.1) is 5.92 Å². The molecule has 4 heteroatoms. The molecule has 0 spiro atoms. The van der Waals surface area contributed by atoms with E-state index >= 15 is 0 Å². The third kappa shape index (κ3) is 4.99. The number of nitrogens with two attached hydrogens (primary N) is 1. The van der Waals surface area contributed by atoms with E-state index in [9.17, 15) is 4.79 Å². The van der Waals surface area contributed by atoms with Crippen molar-refractivity contribution in [1.29, 1.82) is 0 Å². The van der Waals surface area contributed by atoms with Gasteiger partial charge in [-0.25, -0.2) is 0 Å². The van der Waals surface area contributed by atoms with Gasteiger partial charge < -0.3 is 10.6 Å². The minimum Gasteiger partial charge on any atom is -0.336 e. The van der Waals surface area contributed by atoms with Gasteiger partial charge in [-0.2, -0.15) is 0 Å². The molecule has 2 rings (SSSR count). The molecule has 1 aromatic rings. The predicted octanol–water partition coefficient (Wildman–Crippen LogP) is 3.75. The number of benzene rings is 1. The average molecular weight is 325 g/mol. The normalized spacial score (nSPS) is 22.0. The van der Waals surface area contributed by atoms with Crippen molar-refractivity contribution in [2.75, 3.05) is 0 Å². The van der Waals surface area contributed by atoms with Crippen LogP contribution in [0.5, 0.6) is 0 Å². The Balaban J connectivity index is 0.00000242. The number of hydrogen-bond donors (Lipinski definition) is 1. The third-order valence-corrected chi connectivity index (χ3v) is 4.79. The number of hydrogen-bond acceptors (Lipinski definition) is 2. The highest BCUT2D eigenvalue weighted by atomic mass is 35.5. The molecule has 3 atom stereocenters. The van der Waals surface area contributed by atoms with Gasteiger partial charge in [-0.15, -0.1) is 12.4 Å². The SMILES string of the molecule is CCC(C)N(Cc1ccccc1)C(=O)C[C@@H]1CCC[C@H]1N.Cl. The molecule has 1 aliphatic carbocycles. The highest BCUT2D eigenvalue weighted by molar-refractivity contribution is 5.85. The first-order valence-corrected chi connectivity index (χ1v) is 8.20. The van der Waals surface area contributed by atoms with Crippen molar-refractivity contribution in [3.63, 3.8) is 0 Å². The Morgan fingerprint density at radius 3 is 2.55 bits per heavy atom. The zero-order chi connectivity index (χ0) is 15.2. The standard InChI is InChI=1S/C18H28N2O.ClH/c1-3-14(2)20(13-15-8-5-4-6-9-15)18(21)12-16-10-7-11-17(16)19;/h4-6,8-9,14,16-17H,3,7,10-13,19H2,1-2H3;1H/t14?,16-,17+;/m0./s1. The molecule has 1 unspecified atom stereocenters. The van der Waals surface area contributed by atoms with Crippen molar-refractivity contribution in [3.05, 3.63) is 35.9 Å². The van der Waals surface area contributed by atoms with E-state index in [4.69, 9.17) is 5.73 Å². The summed E-state index contributed by atoms with van der Waals surface area (Å²) < 4.78 is 0. The number of carbonyl (C=O) groups excluding carboxylic acids is 1. The van der Waals surface area contributed by atoms with Crippen LogP contribution < -0.4 is 5.73 Å². The smallest absolute Gasteiger partial charge is 0.223 e. The number of nitrogens with zero attached hydrogens (tertiary/aromatic N) is 1. The molecule has 3 nitrogen and oxygen atoms in total. The fraction of sp³-hybridized carbons (Fsp3) is 0.611. The Morgan fingerprint density at radius 1 is 1.32 bits per heavy atom. The summed E-state index contributed by atoms with van der Waals surface area (Å²) in [7, 11) is 0. The molecule has 0 bridgehead atoms. The van der Waals surface area contributed by atoms with E-state index in [0.717, 1.165) is 19.3 Å². The summed E-state index contributed by atoms with van der Waals surface area (Å²) in [6, 6.07) is 10.7. The number of carbonyl (C=O) groups is 1. The third-order valence-electron chi connectivity index (χ3n) is 4.79.